The van der Waals surface area contributed by atoms with Gasteiger partial charge >= 0.3 is 0 Å². The van der Waals surface area contributed by atoms with E-state index in [1.165, 1.54) is 0 Å². The van der Waals surface area contributed by atoms with Gasteiger partial charge in [0.15, 0.2) is 0 Å². The van der Waals surface area contributed by atoms with E-state index >= 15 is 0 Å². The molecule has 0 saturated heterocycles. The summed E-state index contributed by atoms with van der Waals surface area (Å²) in [5.41, 5.74) is 1.60. The number of aliphatic hydroxyl groups excluding tert-OH is 1. The quantitative estimate of drug-likeness (QED) is 0.859. The van der Waals surface area contributed by atoms with Crippen molar-refractivity contribution in [1.82, 2.24) is 4.98 Å². The second-order valence-corrected chi connectivity index (χ2v) is 3.68. The van der Waals surface area contributed by atoms with E-state index in [2.05, 4.69) is 4.98 Å². The fraction of sp³-hybridized carbons (Fsp3) is 0.308. The Morgan fingerprint density at radius 2 is 2.19 bits per heavy atom. The molecule has 1 aromatic heterocycles. The first kappa shape index (κ1) is 10.9. The number of ether oxygens (including phenoxy) is 1. The number of aliphatic hydroxyl groups is 1. The van der Waals surface area contributed by atoms with Crippen LogP contribution < -0.4 is 4.74 Å². The molecule has 3 heteroatoms. The molecule has 1 atom stereocenters. The van der Waals surface area contributed by atoms with Crippen LogP contribution in [0.2, 0.25) is 0 Å². The number of hydrogen-bond donors (Lipinski definition) is 1. The van der Waals surface area contributed by atoms with Crippen molar-refractivity contribution in [3.8, 4) is 5.75 Å². The lowest BCUT2D eigenvalue weighted by molar-refractivity contribution is 0.171. The lowest BCUT2D eigenvalue weighted by atomic mass is 10.0. The molecule has 1 aromatic carbocycles. The highest BCUT2D eigenvalue weighted by Gasteiger charge is 2.15. The monoisotopic (exact) mass is 217 g/mol. The average Bonchev–Trinajstić information content (AvgIpc) is 2.36. The third kappa shape index (κ3) is 1.74. The van der Waals surface area contributed by atoms with Gasteiger partial charge in [-0.2, -0.15) is 0 Å². The zero-order chi connectivity index (χ0) is 11.5. The van der Waals surface area contributed by atoms with Crippen LogP contribution in [0.15, 0.2) is 30.5 Å². The molecule has 1 heterocycles. The summed E-state index contributed by atoms with van der Waals surface area (Å²) in [6.45, 7) is 1.94. The van der Waals surface area contributed by atoms with Gasteiger partial charge in [-0.15, -0.1) is 0 Å². The third-order valence-corrected chi connectivity index (χ3v) is 2.71. The van der Waals surface area contributed by atoms with Crippen LogP contribution in [-0.4, -0.2) is 17.2 Å². The molecule has 0 bridgehead atoms. The Hall–Kier alpha value is -1.61. The maximum atomic E-state index is 10.0. The van der Waals surface area contributed by atoms with Crippen LogP contribution in [0, 0.1) is 0 Å². The van der Waals surface area contributed by atoms with Gasteiger partial charge in [-0.3, -0.25) is 4.98 Å². The summed E-state index contributed by atoms with van der Waals surface area (Å²) in [5.74, 6) is 0.695. The van der Waals surface area contributed by atoms with Gasteiger partial charge in [0.1, 0.15) is 5.75 Å². The molecular formula is C13H15NO2. The van der Waals surface area contributed by atoms with Gasteiger partial charge in [0.25, 0.3) is 0 Å². The van der Waals surface area contributed by atoms with Crippen LogP contribution in [0.5, 0.6) is 5.75 Å². The highest BCUT2D eigenvalue weighted by atomic mass is 16.5. The van der Waals surface area contributed by atoms with E-state index in [-0.39, 0.29) is 0 Å². The smallest absolute Gasteiger partial charge is 0.126 e. The molecule has 84 valence electrons. The Labute approximate surface area is 94.7 Å². The van der Waals surface area contributed by atoms with Gasteiger partial charge in [0.05, 0.1) is 18.7 Å². The van der Waals surface area contributed by atoms with E-state index in [0.29, 0.717) is 12.2 Å². The highest BCUT2D eigenvalue weighted by Crippen LogP contribution is 2.32. The Balaban J connectivity index is 2.72. The molecule has 0 saturated carbocycles. The Morgan fingerprint density at radius 1 is 1.38 bits per heavy atom. The standard InChI is InChI=1S/C13H15NO2/c1-3-10(15)12-11(16-2)7-6-9-5-4-8-14-13(9)12/h4-8,10,15H,3H2,1-2H3. The summed E-state index contributed by atoms with van der Waals surface area (Å²) in [6.07, 6.45) is 1.84. The molecule has 2 rings (SSSR count). The van der Waals surface area contributed by atoms with Crippen molar-refractivity contribution in [3.63, 3.8) is 0 Å². The topological polar surface area (TPSA) is 42.4 Å². The molecule has 0 fully saturated rings. The predicted molar refractivity (Wildman–Crippen MR) is 63.5 cm³/mol. The number of methoxy groups -OCH3 is 1. The van der Waals surface area contributed by atoms with Gasteiger partial charge < -0.3 is 9.84 Å². The summed E-state index contributed by atoms with van der Waals surface area (Å²) in [6, 6.07) is 7.69. The molecule has 0 aliphatic heterocycles. The van der Waals surface area contributed by atoms with Crippen molar-refractivity contribution in [2.75, 3.05) is 7.11 Å². The van der Waals surface area contributed by atoms with Gasteiger partial charge in [0.2, 0.25) is 0 Å². The summed E-state index contributed by atoms with van der Waals surface area (Å²) in [5, 5.41) is 11.0. The summed E-state index contributed by atoms with van der Waals surface area (Å²) < 4.78 is 5.28. The molecule has 1 N–H and O–H groups in total. The number of benzene rings is 1. The molecule has 16 heavy (non-hydrogen) atoms. The molecule has 0 spiro atoms. The van der Waals surface area contributed by atoms with E-state index < -0.39 is 6.10 Å². The Morgan fingerprint density at radius 3 is 2.88 bits per heavy atom. The van der Waals surface area contributed by atoms with Crippen molar-refractivity contribution in [2.45, 2.75) is 19.4 Å². The lowest BCUT2D eigenvalue weighted by Gasteiger charge is -2.15. The zero-order valence-electron chi connectivity index (χ0n) is 9.47. The van der Waals surface area contributed by atoms with Crippen LogP contribution in [0.1, 0.15) is 25.0 Å². The minimum atomic E-state index is -0.534. The Bertz CT molecular complexity index is 496. The molecule has 0 aliphatic carbocycles. The third-order valence-electron chi connectivity index (χ3n) is 2.71. The first-order valence-electron chi connectivity index (χ1n) is 5.37. The molecule has 0 radical (unpaired) electrons. The number of hydrogen-bond acceptors (Lipinski definition) is 3. The van der Waals surface area contributed by atoms with Gasteiger partial charge in [-0.25, -0.2) is 0 Å². The fourth-order valence-electron chi connectivity index (χ4n) is 1.85. The van der Waals surface area contributed by atoms with Crippen molar-refractivity contribution in [1.29, 1.82) is 0 Å². The maximum Gasteiger partial charge on any atom is 0.126 e. The summed E-state index contributed by atoms with van der Waals surface area (Å²) >= 11 is 0. The first-order valence-corrected chi connectivity index (χ1v) is 5.37. The molecule has 2 aromatic rings. The van der Waals surface area contributed by atoms with Crippen LogP contribution in [0.25, 0.3) is 10.9 Å². The minimum Gasteiger partial charge on any atom is -0.496 e. The highest BCUT2D eigenvalue weighted by molar-refractivity contribution is 5.84. The van der Waals surface area contributed by atoms with Crippen molar-refractivity contribution >= 4 is 10.9 Å². The van der Waals surface area contributed by atoms with Gasteiger partial charge in [-0.05, 0) is 24.6 Å². The first-order chi connectivity index (χ1) is 7.77. The fourth-order valence-corrected chi connectivity index (χ4v) is 1.85. The largest absolute Gasteiger partial charge is 0.496 e. The molecular weight excluding hydrogens is 202 g/mol. The number of rotatable bonds is 3. The van der Waals surface area contributed by atoms with Crippen molar-refractivity contribution < 1.29 is 9.84 Å². The van der Waals surface area contributed by atoms with Crippen molar-refractivity contribution in [2.24, 2.45) is 0 Å². The SMILES string of the molecule is CCC(O)c1c(OC)ccc2cccnc12. The molecule has 0 aliphatic rings. The lowest BCUT2D eigenvalue weighted by Crippen LogP contribution is -2.01. The number of pyridine rings is 1. The zero-order valence-corrected chi connectivity index (χ0v) is 9.47. The van der Waals surface area contributed by atoms with E-state index in [9.17, 15) is 5.11 Å². The molecule has 1 unspecified atom stereocenters. The number of aromatic nitrogens is 1. The average molecular weight is 217 g/mol. The maximum absolute atomic E-state index is 10.0. The van der Waals surface area contributed by atoms with Gasteiger partial charge in [0, 0.05) is 17.1 Å². The number of fused-ring (bicyclic) bond motifs is 1. The minimum absolute atomic E-state index is 0.534. The van der Waals surface area contributed by atoms with E-state index in [1.54, 1.807) is 13.3 Å². The van der Waals surface area contributed by atoms with Crippen LogP contribution in [-0.2, 0) is 0 Å². The second-order valence-electron chi connectivity index (χ2n) is 3.68. The Kier molecular flexibility index (Phi) is 3.06. The normalized spacial score (nSPS) is 12.7. The van der Waals surface area contributed by atoms with E-state index in [0.717, 1.165) is 16.5 Å². The van der Waals surface area contributed by atoms with Crippen LogP contribution >= 0.6 is 0 Å². The van der Waals surface area contributed by atoms with Gasteiger partial charge in [-0.1, -0.05) is 13.0 Å². The summed E-state index contributed by atoms with van der Waals surface area (Å²) in [4.78, 5) is 4.32. The van der Waals surface area contributed by atoms with Crippen molar-refractivity contribution in [3.05, 3.63) is 36.0 Å². The number of nitrogens with zero attached hydrogens (tertiary/aromatic N) is 1. The van der Waals surface area contributed by atoms with E-state index in [1.807, 2.05) is 31.2 Å². The second kappa shape index (κ2) is 4.49. The van der Waals surface area contributed by atoms with Crippen LogP contribution in [0.4, 0.5) is 0 Å². The van der Waals surface area contributed by atoms with Crippen LogP contribution in [0.3, 0.4) is 0 Å². The predicted octanol–water partition coefficient (Wildman–Crippen LogP) is 2.69. The molecule has 0 amide bonds. The molecule has 3 nitrogen and oxygen atoms in total. The van der Waals surface area contributed by atoms with E-state index in [4.69, 9.17) is 4.74 Å². The summed E-state index contributed by atoms with van der Waals surface area (Å²) in [7, 11) is 1.61.